The van der Waals surface area contributed by atoms with Crippen LogP contribution in [0.1, 0.15) is 36.3 Å². The van der Waals surface area contributed by atoms with Crippen LogP contribution in [-0.4, -0.2) is 53.5 Å². The normalized spacial score (nSPS) is 23.9. The first-order valence-corrected chi connectivity index (χ1v) is 9.79. The van der Waals surface area contributed by atoms with Crippen LogP contribution in [0.2, 0.25) is 0 Å². The maximum atomic E-state index is 12.4. The molecule has 1 saturated heterocycles. The van der Waals surface area contributed by atoms with Gasteiger partial charge in [-0.3, -0.25) is 0 Å². The maximum absolute atomic E-state index is 12.4. The number of hydrogen-bond donors (Lipinski definition) is 1. The van der Waals surface area contributed by atoms with Gasteiger partial charge in [0.05, 0.1) is 11.2 Å². The van der Waals surface area contributed by atoms with E-state index in [1.165, 1.54) is 11.3 Å². The molecule has 132 valence electrons. The van der Waals surface area contributed by atoms with E-state index in [-0.39, 0.29) is 12.1 Å². The quantitative estimate of drug-likeness (QED) is 0.832. The summed E-state index contributed by atoms with van der Waals surface area (Å²) in [6, 6.07) is 0.331. The molecule has 3 rings (SSSR count). The van der Waals surface area contributed by atoms with Crippen LogP contribution in [0.3, 0.4) is 0 Å². The lowest BCUT2D eigenvalue weighted by molar-refractivity contribution is 0.201. The molecule has 24 heavy (non-hydrogen) atoms. The fraction of sp³-hybridized carbons (Fsp3) is 0.667. The molecule has 2 amide bonds. The number of aromatic nitrogens is 1. The van der Waals surface area contributed by atoms with Crippen LogP contribution < -0.4 is 5.32 Å². The van der Waals surface area contributed by atoms with Crippen LogP contribution in [0.25, 0.3) is 0 Å². The molecule has 0 saturated carbocycles. The highest BCUT2D eigenvalue weighted by molar-refractivity contribution is 7.09. The monoisotopic (exact) mass is 348 g/mol. The minimum absolute atomic E-state index is 0.106. The molecule has 0 aromatic carbocycles. The van der Waals surface area contributed by atoms with Crippen LogP contribution in [-0.2, 0) is 6.54 Å². The molecule has 2 heterocycles. The Kier molecular flexibility index (Phi) is 5.89. The lowest BCUT2D eigenvalue weighted by Crippen LogP contribution is -2.44. The van der Waals surface area contributed by atoms with E-state index in [1.807, 2.05) is 10.4 Å². The molecule has 1 N–H and O–H groups in total. The number of urea groups is 1. The van der Waals surface area contributed by atoms with Gasteiger partial charge in [0, 0.05) is 37.1 Å². The SMILES string of the molecule is Cc1ncsc1CN(C)C[C@H]1CCN(C(=O)N[C@H]2C=CCCC2)C1. The van der Waals surface area contributed by atoms with Crippen molar-refractivity contribution in [3.05, 3.63) is 28.2 Å². The second-order valence-electron chi connectivity index (χ2n) is 7.07. The van der Waals surface area contributed by atoms with Gasteiger partial charge in [0.1, 0.15) is 0 Å². The largest absolute Gasteiger partial charge is 0.332 e. The van der Waals surface area contributed by atoms with Gasteiger partial charge in [-0.25, -0.2) is 9.78 Å². The van der Waals surface area contributed by atoms with Crippen LogP contribution >= 0.6 is 11.3 Å². The number of likely N-dealkylation sites (tertiary alicyclic amines) is 1. The van der Waals surface area contributed by atoms with Gasteiger partial charge in [-0.2, -0.15) is 0 Å². The van der Waals surface area contributed by atoms with Crippen molar-refractivity contribution in [3.8, 4) is 0 Å². The molecular formula is C18H28N4OS. The number of rotatable bonds is 5. The Balaban J connectivity index is 1.43. The van der Waals surface area contributed by atoms with E-state index in [2.05, 4.69) is 41.3 Å². The first-order chi connectivity index (χ1) is 11.6. The number of allylic oxidation sites excluding steroid dienone is 1. The second kappa shape index (κ2) is 8.12. The third-order valence-corrected chi connectivity index (χ3v) is 5.88. The third-order valence-electron chi connectivity index (χ3n) is 4.96. The van der Waals surface area contributed by atoms with Crippen molar-refractivity contribution in [3.63, 3.8) is 0 Å². The molecule has 0 spiro atoms. The van der Waals surface area contributed by atoms with Crippen molar-refractivity contribution in [2.75, 3.05) is 26.7 Å². The van der Waals surface area contributed by atoms with E-state index in [0.29, 0.717) is 5.92 Å². The maximum Gasteiger partial charge on any atom is 0.317 e. The number of carbonyl (C=O) groups excluding carboxylic acids is 1. The van der Waals surface area contributed by atoms with E-state index in [4.69, 9.17) is 0 Å². The van der Waals surface area contributed by atoms with Gasteiger partial charge >= 0.3 is 6.03 Å². The number of hydrogen-bond acceptors (Lipinski definition) is 4. The summed E-state index contributed by atoms with van der Waals surface area (Å²) in [7, 11) is 2.16. The fourth-order valence-corrected chi connectivity index (χ4v) is 4.43. The van der Waals surface area contributed by atoms with Crippen molar-refractivity contribution in [1.29, 1.82) is 0 Å². The van der Waals surface area contributed by atoms with Crippen molar-refractivity contribution in [2.45, 2.75) is 45.2 Å². The summed E-state index contributed by atoms with van der Waals surface area (Å²) in [5, 5.41) is 3.16. The number of nitrogens with one attached hydrogen (secondary N) is 1. The topological polar surface area (TPSA) is 48.5 Å². The van der Waals surface area contributed by atoms with Crippen molar-refractivity contribution in [1.82, 2.24) is 20.1 Å². The molecule has 2 aliphatic rings. The molecule has 5 nitrogen and oxygen atoms in total. The van der Waals surface area contributed by atoms with Gasteiger partial charge in [0.2, 0.25) is 0 Å². The zero-order chi connectivity index (χ0) is 16.9. The summed E-state index contributed by atoms with van der Waals surface area (Å²) in [6.45, 7) is 5.80. The summed E-state index contributed by atoms with van der Waals surface area (Å²) in [5.41, 5.74) is 3.06. The smallest absolute Gasteiger partial charge is 0.317 e. The van der Waals surface area contributed by atoms with E-state index >= 15 is 0 Å². The third kappa shape index (κ3) is 4.57. The van der Waals surface area contributed by atoms with Crippen LogP contribution in [0.15, 0.2) is 17.7 Å². The summed E-state index contributed by atoms with van der Waals surface area (Å²) >= 11 is 1.73. The van der Waals surface area contributed by atoms with Crippen LogP contribution in [0.4, 0.5) is 4.79 Å². The zero-order valence-electron chi connectivity index (χ0n) is 14.7. The standard InChI is InChI=1S/C18H28N4OS/c1-14-17(24-13-19-14)12-21(2)10-15-8-9-22(11-15)18(23)20-16-6-4-3-5-7-16/h4,6,13,15-16H,3,5,7-12H2,1-2H3,(H,20,23)/t15-,16+/m1/s1. The minimum atomic E-state index is 0.106. The van der Waals surface area contributed by atoms with Crippen molar-refractivity contribution < 1.29 is 4.79 Å². The molecule has 0 unspecified atom stereocenters. The van der Waals surface area contributed by atoms with E-state index in [0.717, 1.165) is 51.1 Å². The summed E-state index contributed by atoms with van der Waals surface area (Å²) in [5.74, 6) is 0.566. The number of aryl methyl sites for hydroxylation is 1. The molecule has 6 heteroatoms. The zero-order valence-corrected chi connectivity index (χ0v) is 15.5. The Morgan fingerprint density at radius 2 is 2.38 bits per heavy atom. The Morgan fingerprint density at radius 3 is 3.08 bits per heavy atom. The number of thiazole rings is 1. The highest BCUT2D eigenvalue weighted by Crippen LogP contribution is 2.20. The molecule has 1 aromatic rings. The summed E-state index contributed by atoms with van der Waals surface area (Å²) in [4.78, 5) is 22.4. The molecule has 1 aliphatic heterocycles. The lowest BCUT2D eigenvalue weighted by atomic mass is 10.0. The Morgan fingerprint density at radius 1 is 1.50 bits per heavy atom. The molecule has 0 radical (unpaired) electrons. The van der Waals surface area contributed by atoms with E-state index < -0.39 is 0 Å². The average Bonchev–Trinajstić information content (AvgIpc) is 3.18. The van der Waals surface area contributed by atoms with Gasteiger partial charge < -0.3 is 15.1 Å². The fourth-order valence-electron chi connectivity index (χ4n) is 3.58. The average molecular weight is 349 g/mol. The first kappa shape index (κ1) is 17.4. The molecule has 2 atom stereocenters. The van der Waals surface area contributed by atoms with Gasteiger partial charge in [0.15, 0.2) is 0 Å². The van der Waals surface area contributed by atoms with E-state index in [9.17, 15) is 4.79 Å². The lowest BCUT2D eigenvalue weighted by Gasteiger charge is -2.24. The molecular weight excluding hydrogens is 320 g/mol. The minimum Gasteiger partial charge on any atom is -0.332 e. The molecule has 1 fully saturated rings. The summed E-state index contributed by atoms with van der Waals surface area (Å²) < 4.78 is 0. The molecule has 1 aromatic heterocycles. The second-order valence-corrected chi connectivity index (χ2v) is 8.01. The van der Waals surface area contributed by atoms with Crippen molar-refractivity contribution >= 4 is 17.4 Å². The van der Waals surface area contributed by atoms with Gasteiger partial charge in [-0.05, 0) is 45.6 Å². The number of carbonyl (C=O) groups is 1. The molecule has 0 bridgehead atoms. The number of amides is 2. The Hall–Kier alpha value is -1.40. The Labute approximate surface area is 148 Å². The highest BCUT2D eigenvalue weighted by Gasteiger charge is 2.28. The van der Waals surface area contributed by atoms with Crippen LogP contribution in [0.5, 0.6) is 0 Å². The van der Waals surface area contributed by atoms with Gasteiger partial charge in [-0.15, -0.1) is 11.3 Å². The highest BCUT2D eigenvalue weighted by atomic mass is 32.1. The predicted octanol–water partition coefficient (Wildman–Crippen LogP) is 3.02. The number of nitrogens with zero attached hydrogens (tertiary/aromatic N) is 3. The molecule has 1 aliphatic carbocycles. The van der Waals surface area contributed by atoms with Gasteiger partial charge in [-0.1, -0.05) is 12.2 Å². The first-order valence-electron chi connectivity index (χ1n) is 8.91. The van der Waals surface area contributed by atoms with Crippen LogP contribution in [0, 0.1) is 12.8 Å². The Bertz CT molecular complexity index is 585. The predicted molar refractivity (Wildman–Crippen MR) is 98.2 cm³/mol. The summed E-state index contributed by atoms with van der Waals surface area (Å²) in [6.07, 6.45) is 8.80. The van der Waals surface area contributed by atoms with Crippen molar-refractivity contribution in [2.24, 2.45) is 5.92 Å². The van der Waals surface area contributed by atoms with Gasteiger partial charge in [0.25, 0.3) is 0 Å². The van der Waals surface area contributed by atoms with E-state index in [1.54, 1.807) is 11.3 Å².